The van der Waals surface area contributed by atoms with Crippen LogP contribution in [0.2, 0.25) is 0 Å². The van der Waals surface area contributed by atoms with Gasteiger partial charge < -0.3 is 4.74 Å². The minimum absolute atomic E-state index is 0.258. The molecule has 0 spiro atoms. The fourth-order valence-electron chi connectivity index (χ4n) is 2.35. The van der Waals surface area contributed by atoms with Gasteiger partial charge in [0.2, 0.25) is 5.13 Å². The molecule has 1 heterocycles. The summed E-state index contributed by atoms with van der Waals surface area (Å²) in [6, 6.07) is 12.1. The monoisotopic (exact) mass is 417 g/mol. The van der Waals surface area contributed by atoms with Crippen molar-refractivity contribution in [1.29, 1.82) is 0 Å². The maximum atomic E-state index is 12.9. The van der Waals surface area contributed by atoms with Gasteiger partial charge in [0, 0.05) is 5.75 Å². The Morgan fingerprint density at radius 3 is 2.71 bits per heavy atom. The van der Waals surface area contributed by atoms with Crippen LogP contribution in [-0.4, -0.2) is 22.2 Å². The van der Waals surface area contributed by atoms with Crippen LogP contribution in [0.5, 0.6) is 5.75 Å². The Balaban J connectivity index is 1.54. The second-order valence-electron chi connectivity index (χ2n) is 6.24. The average Bonchev–Trinajstić information content (AvgIpc) is 3.12. The van der Waals surface area contributed by atoms with E-state index in [1.807, 2.05) is 32.0 Å². The van der Waals surface area contributed by atoms with E-state index in [-0.39, 0.29) is 11.7 Å². The SMILES string of the molecule is Cc1cccc(OC(C)C(=O)Nc2nnc(SCc3ccc(F)cc3)s2)c1C. The number of halogens is 1. The molecule has 8 heteroatoms. The molecule has 0 saturated heterocycles. The normalized spacial score (nSPS) is 11.9. The summed E-state index contributed by atoms with van der Waals surface area (Å²) in [6.45, 7) is 5.66. The van der Waals surface area contributed by atoms with Crippen LogP contribution in [0.15, 0.2) is 46.8 Å². The lowest BCUT2D eigenvalue weighted by Crippen LogP contribution is -2.30. The summed E-state index contributed by atoms with van der Waals surface area (Å²) in [4.78, 5) is 12.4. The first-order valence-corrected chi connectivity index (χ1v) is 10.5. The molecule has 0 aliphatic rings. The van der Waals surface area contributed by atoms with Crippen molar-refractivity contribution < 1.29 is 13.9 Å². The molecule has 0 radical (unpaired) electrons. The Bertz CT molecular complexity index is 960. The number of amides is 1. The van der Waals surface area contributed by atoms with E-state index in [0.29, 0.717) is 16.6 Å². The van der Waals surface area contributed by atoms with E-state index in [9.17, 15) is 9.18 Å². The molecular weight excluding hydrogens is 397 g/mol. The van der Waals surface area contributed by atoms with Gasteiger partial charge in [0.25, 0.3) is 5.91 Å². The van der Waals surface area contributed by atoms with Crippen LogP contribution in [0.25, 0.3) is 0 Å². The molecule has 0 fully saturated rings. The van der Waals surface area contributed by atoms with Crippen LogP contribution in [-0.2, 0) is 10.5 Å². The Morgan fingerprint density at radius 1 is 1.21 bits per heavy atom. The lowest BCUT2D eigenvalue weighted by molar-refractivity contribution is -0.122. The number of rotatable bonds is 7. The van der Waals surface area contributed by atoms with Gasteiger partial charge in [-0.05, 0) is 55.7 Å². The molecule has 1 amide bonds. The van der Waals surface area contributed by atoms with Crippen molar-refractivity contribution in [3.8, 4) is 5.75 Å². The smallest absolute Gasteiger partial charge is 0.266 e. The number of nitrogens with zero attached hydrogens (tertiary/aromatic N) is 2. The summed E-state index contributed by atoms with van der Waals surface area (Å²) in [6.07, 6.45) is -0.667. The van der Waals surface area contributed by atoms with E-state index < -0.39 is 6.10 Å². The second kappa shape index (κ2) is 9.16. The number of aryl methyl sites for hydroxylation is 1. The second-order valence-corrected chi connectivity index (χ2v) is 8.44. The summed E-state index contributed by atoms with van der Waals surface area (Å²) >= 11 is 2.77. The van der Waals surface area contributed by atoms with E-state index in [0.717, 1.165) is 21.0 Å². The van der Waals surface area contributed by atoms with E-state index in [4.69, 9.17) is 4.74 Å². The molecule has 5 nitrogen and oxygen atoms in total. The standard InChI is InChI=1S/C20H20FN3O2S2/c1-12-5-4-6-17(13(12)2)26-14(3)18(25)22-19-23-24-20(28-19)27-11-15-7-9-16(21)10-8-15/h4-10,14H,11H2,1-3H3,(H,22,23,25). The molecule has 1 atom stereocenters. The van der Waals surface area contributed by atoms with E-state index in [2.05, 4.69) is 15.5 Å². The molecule has 0 aliphatic heterocycles. The van der Waals surface area contributed by atoms with Crippen molar-refractivity contribution in [3.63, 3.8) is 0 Å². The number of nitrogens with one attached hydrogen (secondary N) is 1. The fraction of sp³-hybridized carbons (Fsp3) is 0.250. The third-order valence-electron chi connectivity index (χ3n) is 4.14. The summed E-state index contributed by atoms with van der Waals surface area (Å²) < 4.78 is 19.5. The van der Waals surface area contributed by atoms with Crippen molar-refractivity contribution in [3.05, 3.63) is 65.0 Å². The van der Waals surface area contributed by atoms with Crippen molar-refractivity contribution in [2.24, 2.45) is 0 Å². The first-order valence-electron chi connectivity index (χ1n) is 8.67. The zero-order valence-corrected chi connectivity index (χ0v) is 17.4. The van der Waals surface area contributed by atoms with Gasteiger partial charge in [0.1, 0.15) is 11.6 Å². The van der Waals surface area contributed by atoms with Gasteiger partial charge in [-0.15, -0.1) is 10.2 Å². The first-order chi connectivity index (χ1) is 13.4. The Hall–Kier alpha value is -2.45. The number of thioether (sulfide) groups is 1. The number of hydrogen-bond acceptors (Lipinski definition) is 6. The van der Waals surface area contributed by atoms with Gasteiger partial charge in [-0.2, -0.15) is 0 Å². The highest BCUT2D eigenvalue weighted by Crippen LogP contribution is 2.28. The summed E-state index contributed by atoms with van der Waals surface area (Å²) in [7, 11) is 0. The maximum absolute atomic E-state index is 12.9. The van der Waals surface area contributed by atoms with Gasteiger partial charge >= 0.3 is 0 Å². The lowest BCUT2D eigenvalue weighted by atomic mass is 10.1. The van der Waals surface area contributed by atoms with Crippen LogP contribution < -0.4 is 10.1 Å². The highest BCUT2D eigenvalue weighted by atomic mass is 32.2. The summed E-state index contributed by atoms with van der Waals surface area (Å²) in [5.74, 6) is 0.795. The van der Waals surface area contributed by atoms with E-state index >= 15 is 0 Å². The predicted octanol–water partition coefficient (Wildman–Crippen LogP) is 4.99. The molecule has 3 rings (SSSR count). The molecule has 0 saturated carbocycles. The number of hydrogen-bond donors (Lipinski definition) is 1. The Labute approximate surface area is 171 Å². The van der Waals surface area contributed by atoms with Crippen LogP contribution in [0.4, 0.5) is 9.52 Å². The molecule has 1 unspecified atom stereocenters. The number of carbonyl (C=O) groups is 1. The predicted molar refractivity (Wildman–Crippen MR) is 111 cm³/mol. The largest absolute Gasteiger partial charge is 0.481 e. The van der Waals surface area contributed by atoms with Crippen LogP contribution in [0.1, 0.15) is 23.6 Å². The minimum atomic E-state index is -0.667. The first kappa shape index (κ1) is 20.3. The van der Waals surface area contributed by atoms with Crippen molar-refractivity contribution in [2.75, 3.05) is 5.32 Å². The fourth-order valence-corrected chi connectivity index (χ4v) is 4.06. The van der Waals surface area contributed by atoms with Gasteiger partial charge in [-0.25, -0.2) is 4.39 Å². The van der Waals surface area contributed by atoms with Crippen LogP contribution in [0, 0.1) is 19.7 Å². The van der Waals surface area contributed by atoms with Crippen LogP contribution >= 0.6 is 23.1 Å². The van der Waals surface area contributed by atoms with Crippen molar-refractivity contribution in [1.82, 2.24) is 10.2 Å². The topological polar surface area (TPSA) is 64.1 Å². The zero-order chi connectivity index (χ0) is 20.1. The Morgan fingerprint density at radius 2 is 1.96 bits per heavy atom. The number of carbonyl (C=O) groups excluding carboxylic acids is 1. The highest BCUT2D eigenvalue weighted by Gasteiger charge is 2.18. The average molecular weight is 418 g/mol. The Kier molecular flexibility index (Phi) is 6.64. The third-order valence-corrected chi connectivity index (χ3v) is 6.18. The number of anilines is 1. The van der Waals surface area contributed by atoms with Crippen molar-refractivity contribution >= 4 is 34.1 Å². The van der Waals surface area contributed by atoms with Gasteiger partial charge in [-0.3, -0.25) is 10.1 Å². The molecule has 0 bridgehead atoms. The molecule has 1 N–H and O–H groups in total. The number of benzene rings is 2. The van der Waals surface area contributed by atoms with Crippen LogP contribution in [0.3, 0.4) is 0 Å². The number of ether oxygens (including phenoxy) is 1. The molecule has 28 heavy (non-hydrogen) atoms. The molecule has 3 aromatic rings. The highest BCUT2D eigenvalue weighted by molar-refractivity contribution is 8.00. The molecule has 0 aliphatic carbocycles. The van der Waals surface area contributed by atoms with E-state index in [1.54, 1.807) is 19.1 Å². The minimum Gasteiger partial charge on any atom is -0.481 e. The molecule has 146 valence electrons. The summed E-state index contributed by atoms with van der Waals surface area (Å²) in [5, 5.41) is 11.2. The molecule has 2 aromatic carbocycles. The zero-order valence-electron chi connectivity index (χ0n) is 15.7. The molecule has 1 aromatic heterocycles. The van der Waals surface area contributed by atoms with Gasteiger partial charge in [0.05, 0.1) is 0 Å². The quantitative estimate of drug-likeness (QED) is 0.433. The van der Waals surface area contributed by atoms with Crippen molar-refractivity contribution in [2.45, 2.75) is 37.0 Å². The maximum Gasteiger partial charge on any atom is 0.266 e. The summed E-state index contributed by atoms with van der Waals surface area (Å²) in [5.41, 5.74) is 3.11. The van der Waals surface area contributed by atoms with Gasteiger partial charge in [0.15, 0.2) is 10.4 Å². The third kappa shape index (κ3) is 5.30. The molecular formula is C20H20FN3O2S2. The number of aromatic nitrogens is 2. The van der Waals surface area contributed by atoms with E-state index in [1.165, 1.54) is 35.2 Å². The van der Waals surface area contributed by atoms with Gasteiger partial charge in [-0.1, -0.05) is 47.4 Å². The lowest BCUT2D eigenvalue weighted by Gasteiger charge is -2.16.